The summed E-state index contributed by atoms with van der Waals surface area (Å²) in [6.07, 6.45) is 1.24. The van der Waals surface area contributed by atoms with Gasteiger partial charge >= 0.3 is 0 Å². The predicted octanol–water partition coefficient (Wildman–Crippen LogP) is 5.29. The van der Waals surface area contributed by atoms with Gasteiger partial charge in [0.25, 0.3) is 0 Å². The van der Waals surface area contributed by atoms with Crippen molar-refractivity contribution >= 4 is 21.5 Å². The van der Waals surface area contributed by atoms with Gasteiger partial charge in [-0.3, -0.25) is 0 Å². The molecule has 7 rings (SSSR count). The van der Waals surface area contributed by atoms with Crippen LogP contribution in [0.4, 0.5) is 0 Å². The van der Waals surface area contributed by atoms with Gasteiger partial charge in [0.15, 0.2) is 6.79 Å². The highest BCUT2D eigenvalue weighted by Crippen LogP contribution is 2.35. The molecule has 3 heterocycles. The average molecular weight is 559 g/mol. The molecule has 8 heteroatoms. The molecule has 214 valence electrons. The van der Waals surface area contributed by atoms with Gasteiger partial charge in [0.2, 0.25) is 0 Å². The lowest BCUT2D eigenvalue weighted by atomic mass is 9.94. The summed E-state index contributed by atoms with van der Waals surface area (Å²) in [4.78, 5) is 0. The van der Waals surface area contributed by atoms with Crippen LogP contribution in [0.1, 0.15) is 18.1 Å². The van der Waals surface area contributed by atoms with Crippen molar-refractivity contribution in [3.8, 4) is 23.0 Å². The summed E-state index contributed by atoms with van der Waals surface area (Å²) in [5, 5.41) is 4.40. The Bertz CT molecular complexity index is 1520. The molecule has 0 aromatic heterocycles. The highest BCUT2D eigenvalue weighted by molar-refractivity contribution is 5.92. The van der Waals surface area contributed by atoms with Crippen molar-refractivity contribution in [2.45, 2.75) is 31.7 Å². The summed E-state index contributed by atoms with van der Waals surface area (Å²) in [7, 11) is 0. The summed E-state index contributed by atoms with van der Waals surface area (Å²) in [5.74, 6) is 3.21. The first kappa shape index (κ1) is 26.3. The fraction of sp³-hybridized carbons (Fsp3) is 0.394. The zero-order valence-electron chi connectivity index (χ0n) is 23.1. The van der Waals surface area contributed by atoms with Gasteiger partial charge in [-0.15, -0.1) is 0 Å². The molecule has 0 radical (unpaired) electrons. The van der Waals surface area contributed by atoms with Crippen molar-refractivity contribution in [2.24, 2.45) is 0 Å². The van der Waals surface area contributed by atoms with Crippen molar-refractivity contribution in [1.29, 1.82) is 0 Å². The number of fused-ring (bicyclic) bond motifs is 2. The minimum Gasteiger partial charge on any atom is -0.491 e. The number of epoxide rings is 3. The van der Waals surface area contributed by atoms with Crippen LogP contribution in [-0.2, 0) is 25.4 Å². The molecule has 0 spiro atoms. The van der Waals surface area contributed by atoms with Crippen LogP contribution in [0, 0.1) is 0 Å². The Balaban J connectivity index is 1.23. The average Bonchev–Trinajstić information content (AvgIpc) is 3.83. The number of ether oxygens (including phenoxy) is 8. The van der Waals surface area contributed by atoms with E-state index >= 15 is 0 Å². The van der Waals surface area contributed by atoms with Gasteiger partial charge < -0.3 is 37.9 Å². The molecule has 0 N–H and O–H groups in total. The number of benzene rings is 4. The molecule has 8 nitrogen and oxygen atoms in total. The maximum Gasteiger partial charge on any atom is 0.189 e. The molecule has 3 unspecified atom stereocenters. The molecular weight excluding hydrogens is 524 g/mol. The first-order valence-electron chi connectivity index (χ1n) is 14.3. The Morgan fingerprint density at radius 2 is 1.02 bits per heavy atom. The van der Waals surface area contributed by atoms with Crippen molar-refractivity contribution < 1.29 is 37.9 Å². The standard InChI is InChI=1S/C33H34O8/c1-2-34-20-41-26-4-6-33-22(11-28(13-24(33)9-26)37-16-31-19-40-31)7-21-10-27(36-15-30-18-39-30)12-23-8-25(3-5-32(21)23)35-14-29-17-38-29/h3-6,8-13,29-31H,2,7,14-20H2,1H3. The quantitative estimate of drug-likeness (QED) is 0.111. The van der Waals surface area contributed by atoms with E-state index in [1.54, 1.807) is 0 Å². The van der Waals surface area contributed by atoms with Gasteiger partial charge in [-0.05, 0) is 94.5 Å². The van der Waals surface area contributed by atoms with E-state index in [-0.39, 0.29) is 25.1 Å². The molecule has 3 aliphatic rings. The maximum atomic E-state index is 6.16. The molecule has 3 atom stereocenters. The Morgan fingerprint density at radius 3 is 1.49 bits per heavy atom. The lowest BCUT2D eigenvalue weighted by molar-refractivity contribution is 0.0225. The number of hydrogen-bond acceptors (Lipinski definition) is 8. The largest absolute Gasteiger partial charge is 0.491 e. The predicted molar refractivity (Wildman–Crippen MR) is 154 cm³/mol. The smallest absolute Gasteiger partial charge is 0.189 e. The van der Waals surface area contributed by atoms with E-state index in [9.17, 15) is 0 Å². The molecule has 0 bridgehead atoms. The van der Waals surface area contributed by atoms with Crippen LogP contribution in [0.15, 0.2) is 60.7 Å². The molecular formula is C33H34O8. The highest BCUT2D eigenvalue weighted by Gasteiger charge is 2.25. The SMILES string of the molecule is CCOCOc1ccc2c(Cc3cc(OCC4CO4)cc4cc(OCC5CO5)ccc34)cc(OCC3CO3)cc2c1. The van der Waals surface area contributed by atoms with E-state index in [0.29, 0.717) is 32.8 Å². The third-order valence-electron chi connectivity index (χ3n) is 7.38. The van der Waals surface area contributed by atoms with E-state index in [4.69, 9.17) is 37.9 Å². The van der Waals surface area contributed by atoms with Gasteiger partial charge in [-0.25, -0.2) is 0 Å². The third-order valence-corrected chi connectivity index (χ3v) is 7.38. The van der Waals surface area contributed by atoms with Crippen molar-refractivity contribution in [2.75, 3.05) is 53.0 Å². The summed E-state index contributed by atoms with van der Waals surface area (Å²) >= 11 is 0. The fourth-order valence-corrected chi connectivity index (χ4v) is 4.89. The van der Waals surface area contributed by atoms with E-state index < -0.39 is 0 Å². The molecule has 0 amide bonds. The summed E-state index contributed by atoms with van der Waals surface area (Å²) < 4.78 is 45.5. The molecule has 4 aromatic rings. The van der Waals surface area contributed by atoms with Gasteiger partial charge in [0.05, 0.1) is 19.8 Å². The topological polar surface area (TPSA) is 83.7 Å². The van der Waals surface area contributed by atoms with Crippen molar-refractivity contribution in [3.05, 3.63) is 71.8 Å². The second-order valence-corrected chi connectivity index (χ2v) is 10.7. The maximum absolute atomic E-state index is 6.16. The van der Waals surface area contributed by atoms with E-state index in [2.05, 4.69) is 42.5 Å². The first-order chi connectivity index (χ1) is 20.2. The zero-order chi connectivity index (χ0) is 27.6. The molecule has 4 aromatic carbocycles. The second kappa shape index (κ2) is 11.7. The number of hydrogen-bond donors (Lipinski definition) is 0. The van der Waals surface area contributed by atoms with E-state index in [0.717, 1.165) is 75.5 Å². The Morgan fingerprint density at radius 1 is 0.585 bits per heavy atom. The monoisotopic (exact) mass is 558 g/mol. The van der Waals surface area contributed by atoms with Crippen LogP contribution < -0.4 is 18.9 Å². The Labute approximate surface area is 238 Å². The lowest BCUT2D eigenvalue weighted by Crippen LogP contribution is -2.06. The van der Waals surface area contributed by atoms with Crippen LogP contribution in [-0.4, -0.2) is 71.4 Å². The second-order valence-electron chi connectivity index (χ2n) is 10.7. The number of rotatable bonds is 15. The minimum atomic E-state index is 0.172. The summed E-state index contributed by atoms with van der Waals surface area (Å²) in [6.45, 7) is 6.68. The van der Waals surface area contributed by atoms with Gasteiger partial charge in [-0.2, -0.15) is 0 Å². The highest BCUT2D eigenvalue weighted by atomic mass is 16.7. The molecule has 3 aliphatic heterocycles. The lowest BCUT2D eigenvalue weighted by Gasteiger charge is -2.16. The molecule has 0 saturated carbocycles. The summed E-state index contributed by atoms with van der Waals surface area (Å²) in [6, 6.07) is 20.8. The Hall–Kier alpha value is -3.56. The minimum absolute atomic E-state index is 0.172. The van der Waals surface area contributed by atoms with Gasteiger partial charge in [-0.1, -0.05) is 12.1 Å². The van der Waals surface area contributed by atoms with Crippen LogP contribution >= 0.6 is 0 Å². The van der Waals surface area contributed by atoms with E-state index in [1.165, 1.54) is 0 Å². The van der Waals surface area contributed by atoms with Crippen molar-refractivity contribution in [1.82, 2.24) is 0 Å². The molecule has 3 saturated heterocycles. The molecule has 0 aliphatic carbocycles. The van der Waals surface area contributed by atoms with E-state index in [1.807, 2.05) is 25.1 Å². The van der Waals surface area contributed by atoms with Crippen LogP contribution in [0.5, 0.6) is 23.0 Å². The van der Waals surface area contributed by atoms with Crippen LogP contribution in [0.3, 0.4) is 0 Å². The van der Waals surface area contributed by atoms with Crippen LogP contribution in [0.2, 0.25) is 0 Å². The fourth-order valence-electron chi connectivity index (χ4n) is 4.89. The van der Waals surface area contributed by atoms with Crippen LogP contribution in [0.25, 0.3) is 21.5 Å². The first-order valence-corrected chi connectivity index (χ1v) is 14.3. The molecule has 3 fully saturated rings. The van der Waals surface area contributed by atoms with Crippen molar-refractivity contribution in [3.63, 3.8) is 0 Å². The molecule has 41 heavy (non-hydrogen) atoms. The van der Waals surface area contributed by atoms with Gasteiger partial charge in [0.1, 0.15) is 61.1 Å². The Kier molecular flexibility index (Phi) is 7.54. The normalized spacial score (nSPS) is 20.7. The van der Waals surface area contributed by atoms with Gasteiger partial charge in [0, 0.05) is 6.61 Å². The summed E-state index contributed by atoms with van der Waals surface area (Å²) in [5.41, 5.74) is 2.31. The zero-order valence-corrected chi connectivity index (χ0v) is 23.1. The third kappa shape index (κ3) is 6.85.